The lowest BCUT2D eigenvalue weighted by atomic mass is 9.80. The van der Waals surface area contributed by atoms with E-state index in [1.54, 1.807) is 44.7 Å². The van der Waals surface area contributed by atoms with Crippen LogP contribution in [0, 0.1) is 6.92 Å². The molecule has 0 fully saturated rings. The number of allylic oxidation sites excluding steroid dienone is 2. The topological polar surface area (TPSA) is 95.3 Å². The molecule has 1 N–H and O–H groups in total. The molecule has 37 heavy (non-hydrogen) atoms. The number of aryl methyl sites for hydroxylation is 1. The first-order valence-corrected chi connectivity index (χ1v) is 12.0. The van der Waals surface area contributed by atoms with Gasteiger partial charge in [0.05, 0.1) is 30.5 Å². The molecule has 8 nitrogen and oxygen atoms in total. The number of rotatable bonds is 8. The van der Waals surface area contributed by atoms with Crippen LogP contribution < -0.4 is 5.32 Å². The molecule has 1 atom stereocenters. The molecule has 3 aromatic rings. The van der Waals surface area contributed by atoms with Gasteiger partial charge in [-0.2, -0.15) is 0 Å². The fraction of sp³-hybridized carbons (Fsp3) is 0.241. The highest BCUT2D eigenvalue weighted by Gasteiger charge is 2.38. The summed E-state index contributed by atoms with van der Waals surface area (Å²) < 4.78 is 12.7. The van der Waals surface area contributed by atoms with Crippen LogP contribution in [0.4, 0.5) is 0 Å². The lowest BCUT2D eigenvalue weighted by molar-refractivity contribution is -0.138. The van der Waals surface area contributed by atoms with Crippen molar-refractivity contribution in [3.63, 3.8) is 0 Å². The first-order valence-electron chi connectivity index (χ1n) is 12.0. The minimum atomic E-state index is -0.651. The highest BCUT2D eigenvalue weighted by atomic mass is 16.5. The van der Waals surface area contributed by atoms with E-state index in [-0.39, 0.29) is 6.61 Å². The van der Waals surface area contributed by atoms with E-state index in [9.17, 15) is 9.59 Å². The summed E-state index contributed by atoms with van der Waals surface area (Å²) in [6.07, 6.45) is 10.8. The Labute approximate surface area is 216 Å². The van der Waals surface area contributed by atoms with Gasteiger partial charge in [0.2, 0.25) is 0 Å². The third-order valence-corrected chi connectivity index (χ3v) is 6.27. The molecule has 1 aromatic carbocycles. The largest absolute Gasteiger partial charge is 0.466 e. The summed E-state index contributed by atoms with van der Waals surface area (Å²) in [6, 6.07) is 11.8. The summed E-state index contributed by atoms with van der Waals surface area (Å²) in [5, 5.41) is 3.15. The monoisotopic (exact) mass is 498 g/mol. The molecule has 0 saturated heterocycles. The highest BCUT2D eigenvalue weighted by molar-refractivity contribution is 6.00. The number of hydrogen-bond donors (Lipinski definition) is 1. The molecule has 2 aromatic heterocycles. The van der Waals surface area contributed by atoms with E-state index < -0.39 is 17.9 Å². The lowest BCUT2D eigenvalue weighted by Gasteiger charge is -2.30. The second-order valence-corrected chi connectivity index (χ2v) is 8.78. The number of methoxy groups -OCH3 is 1. The third-order valence-electron chi connectivity index (χ3n) is 6.27. The van der Waals surface area contributed by atoms with Crippen LogP contribution in [-0.2, 0) is 25.6 Å². The van der Waals surface area contributed by atoms with Crippen LogP contribution in [0.15, 0.2) is 89.9 Å². The third kappa shape index (κ3) is 5.86. The molecule has 0 bridgehead atoms. The molecular weight excluding hydrogens is 468 g/mol. The quantitative estimate of drug-likeness (QED) is 0.463. The van der Waals surface area contributed by atoms with Crippen LogP contribution >= 0.6 is 0 Å². The summed E-state index contributed by atoms with van der Waals surface area (Å²) in [6.45, 7) is 6.28. The van der Waals surface area contributed by atoms with Gasteiger partial charge in [-0.3, -0.25) is 4.98 Å². The molecule has 3 heterocycles. The SMILES string of the molecule is COC(=O)C1=C(C)NC(C)=C(C(=O)OCC=Cc2ccc(Cn3ccnc3)cc2)C1c1cccnc1C. The minimum Gasteiger partial charge on any atom is -0.466 e. The Kier molecular flexibility index (Phi) is 7.98. The van der Waals surface area contributed by atoms with E-state index in [2.05, 4.69) is 27.4 Å². The van der Waals surface area contributed by atoms with Crippen molar-refractivity contribution in [2.24, 2.45) is 0 Å². The molecule has 0 spiro atoms. The predicted molar refractivity (Wildman–Crippen MR) is 140 cm³/mol. The number of hydrogen-bond acceptors (Lipinski definition) is 7. The Morgan fingerprint density at radius 3 is 2.41 bits per heavy atom. The molecule has 0 amide bonds. The maximum atomic E-state index is 13.3. The molecule has 8 heteroatoms. The number of imidazole rings is 1. The molecule has 190 valence electrons. The lowest BCUT2D eigenvalue weighted by Crippen LogP contribution is -2.32. The molecule has 1 aliphatic rings. The van der Waals surface area contributed by atoms with Gasteiger partial charge in [-0.15, -0.1) is 0 Å². The van der Waals surface area contributed by atoms with E-state index in [1.807, 2.05) is 42.0 Å². The molecule has 4 rings (SSSR count). The van der Waals surface area contributed by atoms with E-state index in [0.717, 1.165) is 28.9 Å². The van der Waals surface area contributed by atoms with E-state index in [4.69, 9.17) is 9.47 Å². The first-order chi connectivity index (χ1) is 17.9. The molecular formula is C29H30N4O4. The van der Waals surface area contributed by atoms with Gasteiger partial charge in [0.25, 0.3) is 0 Å². The second kappa shape index (κ2) is 11.5. The Bertz CT molecular complexity index is 1370. The Morgan fingerprint density at radius 2 is 1.76 bits per heavy atom. The van der Waals surface area contributed by atoms with E-state index in [0.29, 0.717) is 22.5 Å². The molecule has 1 unspecified atom stereocenters. The number of carbonyl (C=O) groups is 2. The van der Waals surface area contributed by atoms with Gasteiger partial charge in [0, 0.05) is 42.2 Å². The van der Waals surface area contributed by atoms with Crippen LogP contribution in [0.3, 0.4) is 0 Å². The second-order valence-electron chi connectivity index (χ2n) is 8.78. The summed E-state index contributed by atoms with van der Waals surface area (Å²) >= 11 is 0. The van der Waals surface area contributed by atoms with Crippen molar-refractivity contribution in [2.45, 2.75) is 33.2 Å². The fourth-order valence-electron chi connectivity index (χ4n) is 4.47. The average molecular weight is 499 g/mol. The number of nitrogens with zero attached hydrogens (tertiary/aromatic N) is 3. The fourth-order valence-corrected chi connectivity index (χ4v) is 4.47. The number of benzene rings is 1. The van der Waals surface area contributed by atoms with E-state index >= 15 is 0 Å². The van der Waals surface area contributed by atoms with Gasteiger partial charge in [-0.25, -0.2) is 14.6 Å². The maximum absolute atomic E-state index is 13.3. The van der Waals surface area contributed by atoms with Crippen molar-refractivity contribution in [2.75, 3.05) is 13.7 Å². The Hall–Kier alpha value is -4.46. The zero-order valence-electron chi connectivity index (χ0n) is 21.4. The van der Waals surface area contributed by atoms with Crippen LogP contribution in [0.1, 0.15) is 42.1 Å². The number of ether oxygens (including phenoxy) is 2. The van der Waals surface area contributed by atoms with Gasteiger partial charge >= 0.3 is 11.9 Å². The number of aromatic nitrogens is 3. The van der Waals surface area contributed by atoms with Crippen molar-refractivity contribution in [3.05, 3.63) is 112 Å². The van der Waals surface area contributed by atoms with E-state index in [1.165, 1.54) is 7.11 Å². The van der Waals surface area contributed by atoms with Gasteiger partial charge in [-0.1, -0.05) is 36.4 Å². The standard InChI is InChI=1S/C29H30N4O4/c1-19-24(8-5-13-31-19)27-25(28(34)36-4)20(2)32-21(3)26(27)29(35)37-16-6-7-22-9-11-23(12-10-22)17-33-15-14-30-18-33/h5-15,18,27,32H,16-17H2,1-4H3. The van der Waals surface area contributed by atoms with Crippen LogP contribution in [0.25, 0.3) is 6.08 Å². The minimum absolute atomic E-state index is 0.0847. The van der Waals surface area contributed by atoms with Gasteiger partial charge < -0.3 is 19.4 Å². The van der Waals surface area contributed by atoms with Crippen LogP contribution in [0.2, 0.25) is 0 Å². The zero-order valence-corrected chi connectivity index (χ0v) is 21.4. The smallest absolute Gasteiger partial charge is 0.337 e. The van der Waals surface area contributed by atoms with Gasteiger partial charge in [-0.05, 0) is 49.6 Å². The molecule has 0 radical (unpaired) electrons. The van der Waals surface area contributed by atoms with Crippen molar-refractivity contribution < 1.29 is 19.1 Å². The number of pyridine rings is 1. The van der Waals surface area contributed by atoms with Crippen molar-refractivity contribution in [1.82, 2.24) is 19.9 Å². The average Bonchev–Trinajstić information content (AvgIpc) is 3.40. The van der Waals surface area contributed by atoms with Crippen molar-refractivity contribution >= 4 is 18.0 Å². The summed E-state index contributed by atoms with van der Waals surface area (Å²) in [5.74, 6) is -1.66. The number of esters is 2. The molecule has 1 aliphatic heterocycles. The maximum Gasteiger partial charge on any atom is 0.337 e. The van der Waals surface area contributed by atoms with Crippen LogP contribution in [-0.4, -0.2) is 40.2 Å². The number of dihydropyridines is 1. The normalized spacial score (nSPS) is 15.6. The zero-order chi connectivity index (χ0) is 26.4. The number of nitrogens with one attached hydrogen (secondary N) is 1. The number of carbonyl (C=O) groups excluding carboxylic acids is 2. The predicted octanol–water partition coefficient (Wildman–Crippen LogP) is 4.30. The molecule has 0 saturated carbocycles. The van der Waals surface area contributed by atoms with Gasteiger partial charge in [0.15, 0.2) is 0 Å². The Morgan fingerprint density at radius 1 is 1.03 bits per heavy atom. The highest BCUT2D eigenvalue weighted by Crippen LogP contribution is 2.39. The first kappa shape index (κ1) is 25.6. The molecule has 0 aliphatic carbocycles. The Balaban J connectivity index is 1.48. The van der Waals surface area contributed by atoms with Crippen LogP contribution in [0.5, 0.6) is 0 Å². The summed E-state index contributed by atoms with van der Waals surface area (Å²) in [5.41, 5.74) is 5.61. The van der Waals surface area contributed by atoms with Gasteiger partial charge in [0.1, 0.15) is 6.61 Å². The summed E-state index contributed by atoms with van der Waals surface area (Å²) in [7, 11) is 1.33. The van der Waals surface area contributed by atoms with Crippen molar-refractivity contribution in [1.29, 1.82) is 0 Å². The summed E-state index contributed by atoms with van der Waals surface area (Å²) in [4.78, 5) is 34.5. The van der Waals surface area contributed by atoms with Crippen molar-refractivity contribution in [3.8, 4) is 0 Å².